The highest BCUT2D eigenvalue weighted by atomic mass is 15.1. The Hall–Kier alpha value is -1.37. The van der Waals surface area contributed by atoms with Crippen LogP contribution in [0.15, 0.2) is 24.3 Å². The fourth-order valence-corrected chi connectivity index (χ4v) is 2.19. The Morgan fingerprint density at radius 1 is 1.41 bits per heavy atom. The van der Waals surface area contributed by atoms with Crippen LogP contribution in [0.5, 0.6) is 0 Å². The van der Waals surface area contributed by atoms with Crippen molar-refractivity contribution in [3.63, 3.8) is 0 Å². The smallest absolute Gasteiger partial charge is 0.102 e. The molecule has 0 fully saturated rings. The second-order valence-electron chi connectivity index (χ2n) is 5.07. The molecule has 1 aliphatic heterocycles. The number of nitriles is 1. The number of hydrogen-bond acceptors (Lipinski definition) is 3. The van der Waals surface area contributed by atoms with E-state index in [0.717, 1.165) is 32.5 Å². The fraction of sp³-hybridized carbons (Fsp3) is 0.500. The second kappa shape index (κ2) is 4.87. The molecule has 0 amide bonds. The summed E-state index contributed by atoms with van der Waals surface area (Å²) in [7, 11) is 0. The molecule has 1 aromatic rings. The van der Waals surface area contributed by atoms with Gasteiger partial charge >= 0.3 is 0 Å². The van der Waals surface area contributed by atoms with Gasteiger partial charge in [0.2, 0.25) is 0 Å². The van der Waals surface area contributed by atoms with Crippen LogP contribution in [0.1, 0.15) is 24.5 Å². The van der Waals surface area contributed by atoms with E-state index in [1.54, 1.807) is 6.92 Å². The number of hydrogen-bond donors (Lipinski definition) is 1. The Morgan fingerprint density at radius 3 is 2.82 bits per heavy atom. The summed E-state index contributed by atoms with van der Waals surface area (Å²) in [5.74, 6) is 0. The van der Waals surface area contributed by atoms with Crippen molar-refractivity contribution in [3.05, 3.63) is 35.4 Å². The van der Waals surface area contributed by atoms with Gasteiger partial charge in [0, 0.05) is 19.6 Å². The van der Waals surface area contributed by atoms with Gasteiger partial charge in [0.25, 0.3) is 0 Å². The quantitative estimate of drug-likeness (QED) is 0.858. The molecule has 1 atom stereocenters. The molecule has 0 saturated carbocycles. The number of rotatable bonds is 3. The number of benzene rings is 1. The Labute approximate surface area is 103 Å². The third-order valence-electron chi connectivity index (χ3n) is 3.41. The maximum atomic E-state index is 8.89. The zero-order valence-corrected chi connectivity index (χ0v) is 10.3. The van der Waals surface area contributed by atoms with Crippen LogP contribution in [0.25, 0.3) is 0 Å². The normalized spacial score (nSPS) is 19.1. The van der Waals surface area contributed by atoms with Crippen LogP contribution in [-0.4, -0.2) is 23.5 Å². The van der Waals surface area contributed by atoms with Crippen molar-refractivity contribution < 1.29 is 0 Å². The molecule has 1 unspecified atom stereocenters. The van der Waals surface area contributed by atoms with Gasteiger partial charge in [0.05, 0.1) is 6.07 Å². The molecule has 3 heteroatoms. The molecule has 0 radical (unpaired) electrons. The van der Waals surface area contributed by atoms with Gasteiger partial charge in [-0.3, -0.25) is 4.90 Å². The van der Waals surface area contributed by atoms with Gasteiger partial charge < -0.3 is 5.73 Å². The van der Waals surface area contributed by atoms with Crippen LogP contribution in [0.2, 0.25) is 0 Å². The van der Waals surface area contributed by atoms with Crippen LogP contribution in [0, 0.1) is 11.3 Å². The van der Waals surface area contributed by atoms with E-state index < -0.39 is 5.54 Å². The summed E-state index contributed by atoms with van der Waals surface area (Å²) < 4.78 is 0. The molecule has 2 rings (SSSR count). The largest absolute Gasteiger partial charge is 0.314 e. The molecular formula is C14H19N3. The first-order valence-electron chi connectivity index (χ1n) is 6.10. The maximum Gasteiger partial charge on any atom is 0.102 e. The van der Waals surface area contributed by atoms with Crippen LogP contribution in [0.4, 0.5) is 0 Å². The van der Waals surface area contributed by atoms with E-state index in [2.05, 4.69) is 35.2 Å². The topological polar surface area (TPSA) is 53.1 Å². The summed E-state index contributed by atoms with van der Waals surface area (Å²) in [6.45, 7) is 4.75. The lowest BCUT2D eigenvalue weighted by Crippen LogP contribution is -2.40. The molecule has 0 spiro atoms. The van der Waals surface area contributed by atoms with E-state index in [0.29, 0.717) is 0 Å². The predicted octanol–water partition coefficient (Wildman–Crippen LogP) is 1.68. The second-order valence-corrected chi connectivity index (χ2v) is 5.07. The predicted molar refractivity (Wildman–Crippen MR) is 68.2 cm³/mol. The van der Waals surface area contributed by atoms with Gasteiger partial charge in [-0.25, -0.2) is 0 Å². The number of nitrogens with two attached hydrogens (primary N) is 1. The minimum Gasteiger partial charge on any atom is -0.314 e. The summed E-state index contributed by atoms with van der Waals surface area (Å²) >= 11 is 0. The van der Waals surface area contributed by atoms with Crippen LogP contribution < -0.4 is 5.73 Å². The molecule has 3 nitrogen and oxygen atoms in total. The SMILES string of the molecule is CC(N)(C#N)CCN1CCc2ccccc2C1. The zero-order valence-electron chi connectivity index (χ0n) is 10.3. The van der Waals surface area contributed by atoms with Crippen molar-refractivity contribution in [1.29, 1.82) is 5.26 Å². The Balaban J connectivity index is 1.93. The van der Waals surface area contributed by atoms with E-state index in [-0.39, 0.29) is 0 Å². The molecule has 0 bridgehead atoms. The lowest BCUT2D eigenvalue weighted by Gasteiger charge is -2.30. The minimum atomic E-state index is -0.697. The molecule has 17 heavy (non-hydrogen) atoms. The molecular weight excluding hydrogens is 210 g/mol. The summed E-state index contributed by atoms with van der Waals surface area (Å²) in [5.41, 5.74) is 8.01. The highest BCUT2D eigenvalue weighted by Gasteiger charge is 2.21. The Kier molecular flexibility index (Phi) is 3.46. The first-order chi connectivity index (χ1) is 8.11. The summed E-state index contributed by atoms with van der Waals surface area (Å²) in [4.78, 5) is 2.38. The van der Waals surface area contributed by atoms with Crippen molar-refractivity contribution in [2.24, 2.45) is 5.73 Å². The van der Waals surface area contributed by atoms with Crippen molar-refractivity contribution >= 4 is 0 Å². The van der Waals surface area contributed by atoms with E-state index in [9.17, 15) is 0 Å². The lowest BCUT2D eigenvalue weighted by atomic mass is 9.97. The third-order valence-corrected chi connectivity index (χ3v) is 3.41. The Bertz CT molecular complexity index is 431. The number of nitrogens with zero attached hydrogens (tertiary/aromatic N) is 2. The first kappa shape index (κ1) is 12.1. The first-order valence-corrected chi connectivity index (χ1v) is 6.10. The minimum absolute atomic E-state index is 0.697. The molecule has 1 aromatic carbocycles. The molecule has 90 valence electrons. The van der Waals surface area contributed by atoms with Crippen molar-refractivity contribution in [2.45, 2.75) is 31.8 Å². The standard InChI is InChI=1S/C14H19N3/c1-14(16,11-15)7-9-17-8-6-12-4-2-3-5-13(12)10-17/h2-5H,6-10,16H2,1H3. The fourth-order valence-electron chi connectivity index (χ4n) is 2.19. The molecule has 2 N–H and O–H groups in total. The van der Waals surface area contributed by atoms with Gasteiger partial charge in [0.1, 0.15) is 5.54 Å². The van der Waals surface area contributed by atoms with E-state index >= 15 is 0 Å². The molecule has 0 aromatic heterocycles. The Morgan fingerprint density at radius 2 is 2.12 bits per heavy atom. The average molecular weight is 229 g/mol. The molecule has 1 heterocycles. The average Bonchev–Trinajstić information content (AvgIpc) is 2.36. The van der Waals surface area contributed by atoms with Gasteiger partial charge in [-0.05, 0) is 30.9 Å². The summed E-state index contributed by atoms with van der Waals surface area (Å²) in [5, 5.41) is 8.89. The maximum absolute atomic E-state index is 8.89. The van der Waals surface area contributed by atoms with Gasteiger partial charge in [0.15, 0.2) is 0 Å². The van der Waals surface area contributed by atoms with Gasteiger partial charge in [-0.2, -0.15) is 5.26 Å². The van der Waals surface area contributed by atoms with E-state index in [4.69, 9.17) is 11.0 Å². The van der Waals surface area contributed by atoms with Crippen LogP contribution in [0.3, 0.4) is 0 Å². The molecule has 1 aliphatic rings. The van der Waals surface area contributed by atoms with Crippen molar-refractivity contribution in [2.75, 3.05) is 13.1 Å². The lowest BCUT2D eigenvalue weighted by molar-refractivity contribution is 0.238. The van der Waals surface area contributed by atoms with E-state index in [1.165, 1.54) is 11.1 Å². The van der Waals surface area contributed by atoms with Gasteiger partial charge in [-0.15, -0.1) is 0 Å². The monoisotopic (exact) mass is 229 g/mol. The van der Waals surface area contributed by atoms with Crippen molar-refractivity contribution in [1.82, 2.24) is 4.90 Å². The third kappa shape index (κ3) is 3.06. The highest BCUT2D eigenvalue weighted by molar-refractivity contribution is 5.29. The van der Waals surface area contributed by atoms with Gasteiger partial charge in [-0.1, -0.05) is 24.3 Å². The van der Waals surface area contributed by atoms with Crippen LogP contribution >= 0.6 is 0 Å². The van der Waals surface area contributed by atoms with Crippen LogP contribution in [-0.2, 0) is 13.0 Å². The number of fused-ring (bicyclic) bond motifs is 1. The highest BCUT2D eigenvalue weighted by Crippen LogP contribution is 2.19. The molecule has 0 saturated heterocycles. The summed E-state index contributed by atoms with van der Waals surface area (Å²) in [6, 6.07) is 10.7. The molecule has 0 aliphatic carbocycles. The van der Waals surface area contributed by atoms with Crippen molar-refractivity contribution in [3.8, 4) is 6.07 Å². The summed E-state index contributed by atoms with van der Waals surface area (Å²) in [6.07, 6.45) is 1.83. The zero-order chi connectivity index (χ0) is 12.3. The van der Waals surface area contributed by atoms with E-state index in [1.807, 2.05) is 0 Å².